The van der Waals surface area contributed by atoms with E-state index in [0.29, 0.717) is 0 Å². The molecule has 6 atom stereocenters. The lowest BCUT2D eigenvalue weighted by molar-refractivity contribution is -0.142. The molecule has 24 heavy (non-hydrogen) atoms. The summed E-state index contributed by atoms with van der Waals surface area (Å²) >= 11 is 0. The van der Waals surface area contributed by atoms with E-state index < -0.39 is 42.0 Å². The Kier molecular flexibility index (Phi) is 7.45. The highest BCUT2D eigenvalue weighted by atomic mass is 16.4. The molecule has 0 heterocycles. The lowest BCUT2D eigenvalue weighted by Gasteiger charge is -2.36. The van der Waals surface area contributed by atoms with Gasteiger partial charge in [0.1, 0.15) is 0 Å². The van der Waals surface area contributed by atoms with Gasteiger partial charge in [-0.1, -0.05) is 0 Å². The summed E-state index contributed by atoms with van der Waals surface area (Å²) in [6.07, 6.45) is -0.848. The van der Waals surface area contributed by atoms with Crippen molar-refractivity contribution in [1.82, 2.24) is 15.9 Å². The highest BCUT2D eigenvalue weighted by molar-refractivity contribution is 6.04. The number of carbonyl (C=O) groups is 2. The summed E-state index contributed by atoms with van der Waals surface area (Å²) in [6, 6.07) is -1.87. The quantitative estimate of drug-likeness (QED) is 0.126. The van der Waals surface area contributed by atoms with Crippen LogP contribution in [-0.2, 0) is 9.59 Å². The van der Waals surface area contributed by atoms with Crippen LogP contribution in [-0.4, -0.2) is 72.0 Å². The molecular weight excluding hydrogens is 317 g/mol. The third-order valence-corrected chi connectivity index (χ3v) is 4.44. The average molecular weight is 343 g/mol. The zero-order chi connectivity index (χ0) is 18.4. The molecule has 1 rings (SSSR count). The molecule has 1 aliphatic carbocycles. The van der Waals surface area contributed by atoms with Crippen molar-refractivity contribution in [2.75, 3.05) is 6.61 Å². The van der Waals surface area contributed by atoms with E-state index in [4.69, 9.17) is 16.2 Å². The minimum absolute atomic E-state index is 0.0302. The normalized spacial score (nSPS) is 28.8. The molecule has 1 amide bonds. The number of carboxylic acids is 1. The molecule has 0 aromatic rings. The summed E-state index contributed by atoms with van der Waals surface area (Å²) in [5, 5.41) is 44.6. The maximum Gasteiger partial charge on any atom is 0.308 e. The number of rotatable bonds is 8. The van der Waals surface area contributed by atoms with Gasteiger partial charge in [0.25, 0.3) is 0 Å². The van der Waals surface area contributed by atoms with Crippen molar-refractivity contribution in [2.45, 2.75) is 44.0 Å². The molecule has 136 valence electrons. The number of hydrogen-bond acceptors (Lipinski definition) is 6. The molecule has 0 aliphatic heterocycles. The summed E-state index contributed by atoms with van der Waals surface area (Å²) in [6.45, 7) is 1.02. The van der Waals surface area contributed by atoms with Crippen molar-refractivity contribution in [3.63, 3.8) is 0 Å². The smallest absolute Gasteiger partial charge is 0.308 e. The number of carboxylic acid groups (broad SMARTS) is 1. The highest BCUT2D eigenvalue weighted by Gasteiger charge is 2.50. The fourth-order valence-electron chi connectivity index (χ4n) is 3.57. The zero-order valence-electron chi connectivity index (χ0n) is 13.8. The summed E-state index contributed by atoms with van der Waals surface area (Å²) < 4.78 is 0. The fourth-order valence-corrected chi connectivity index (χ4v) is 3.57. The Morgan fingerprint density at radius 2 is 2.08 bits per heavy atom. The van der Waals surface area contributed by atoms with Gasteiger partial charge in [-0.3, -0.25) is 15.0 Å². The number of guanidine groups is 1. The molecule has 1 aliphatic rings. The molecule has 0 aromatic heterocycles. The second kappa shape index (κ2) is 8.85. The predicted molar refractivity (Wildman–Crippen MR) is 88.9 cm³/mol. The van der Waals surface area contributed by atoms with Crippen molar-refractivity contribution in [2.24, 2.45) is 17.6 Å². The Morgan fingerprint density at radius 3 is 2.50 bits per heavy atom. The average Bonchev–Trinajstić information content (AvgIpc) is 2.82. The Balaban J connectivity index is 3.21. The number of nitrogens with two attached hydrogens (primary N) is 1. The zero-order valence-corrected chi connectivity index (χ0v) is 13.8. The highest BCUT2D eigenvalue weighted by Crippen LogP contribution is 2.35. The van der Waals surface area contributed by atoms with Gasteiger partial charge in [0.05, 0.1) is 18.1 Å². The first-order chi connectivity index (χ1) is 11.2. The van der Waals surface area contributed by atoms with Crippen molar-refractivity contribution in [3.8, 4) is 0 Å². The van der Waals surface area contributed by atoms with E-state index in [1.54, 1.807) is 7.98 Å². The Bertz CT molecular complexity index is 480. The van der Waals surface area contributed by atoms with E-state index in [-0.39, 0.29) is 31.3 Å². The number of aliphatic hydroxyl groups is 2. The molecular formula is C13H26BN5O5. The molecule has 0 spiro atoms. The first-order valence-corrected chi connectivity index (χ1v) is 7.79. The minimum Gasteiger partial charge on any atom is -0.481 e. The van der Waals surface area contributed by atoms with Crippen LogP contribution in [0.1, 0.15) is 19.8 Å². The van der Waals surface area contributed by atoms with Crippen LogP contribution in [0.25, 0.3) is 0 Å². The summed E-state index contributed by atoms with van der Waals surface area (Å²) in [4.78, 5) is 23.1. The SMILES string of the molecule is BN[C@H]1[C@@H]([C@H](NC(C)=O)[C@@H](O)CCO)[C@H](NC(=N)N)C[C@@H]1C(=O)O. The van der Waals surface area contributed by atoms with Crippen molar-refractivity contribution < 1.29 is 24.9 Å². The third-order valence-electron chi connectivity index (χ3n) is 4.44. The van der Waals surface area contributed by atoms with Gasteiger partial charge in [-0.15, -0.1) is 0 Å². The maximum absolute atomic E-state index is 11.6. The van der Waals surface area contributed by atoms with Crippen LogP contribution in [0.3, 0.4) is 0 Å². The first-order valence-electron chi connectivity index (χ1n) is 7.79. The Hall–Kier alpha value is -1.85. The summed E-state index contributed by atoms with van der Waals surface area (Å²) in [7, 11) is 1.60. The number of nitrogens with one attached hydrogen (secondary N) is 4. The monoisotopic (exact) mass is 343 g/mol. The molecule has 11 heteroatoms. The number of aliphatic hydroxyl groups excluding tert-OH is 2. The molecule has 9 N–H and O–H groups in total. The molecule has 1 fully saturated rings. The number of aliphatic carboxylic acids is 1. The second-order valence-corrected chi connectivity index (χ2v) is 6.04. The summed E-state index contributed by atoms with van der Waals surface area (Å²) in [5.74, 6) is -3.01. The van der Waals surface area contributed by atoms with Crippen LogP contribution in [0.2, 0.25) is 0 Å². The number of hydrogen-bond donors (Lipinski definition) is 8. The topological polar surface area (TPSA) is 181 Å². The van der Waals surface area contributed by atoms with E-state index in [2.05, 4.69) is 15.9 Å². The minimum atomic E-state index is -1.07. The maximum atomic E-state index is 11.6. The van der Waals surface area contributed by atoms with E-state index in [9.17, 15) is 19.8 Å². The van der Waals surface area contributed by atoms with Gasteiger partial charge in [0.2, 0.25) is 5.91 Å². The molecule has 0 bridgehead atoms. The van der Waals surface area contributed by atoms with Crippen LogP contribution in [0.15, 0.2) is 0 Å². The van der Waals surface area contributed by atoms with Gasteiger partial charge < -0.3 is 36.9 Å². The second-order valence-electron chi connectivity index (χ2n) is 6.04. The Labute approximate surface area is 141 Å². The Morgan fingerprint density at radius 1 is 1.46 bits per heavy atom. The number of amides is 1. The van der Waals surface area contributed by atoms with Crippen LogP contribution in [0.5, 0.6) is 0 Å². The van der Waals surface area contributed by atoms with Crippen LogP contribution >= 0.6 is 0 Å². The molecule has 1 saturated carbocycles. The van der Waals surface area contributed by atoms with Gasteiger partial charge in [-0.05, 0) is 12.8 Å². The number of carbonyl (C=O) groups excluding carboxylic acids is 1. The summed E-state index contributed by atoms with van der Waals surface area (Å²) in [5.41, 5.74) is 5.39. The lowest BCUT2D eigenvalue weighted by Crippen LogP contribution is -2.59. The van der Waals surface area contributed by atoms with Crippen molar-refractivity contribution in [3.05, 3.63) is 0 Å². The molecule has 0 radical (unpaired) electrons. The van der Waals surface area contributed by atoms with Crippen LogP contribution in [0, 0.1) is 17.2 Å². The van der Waals surface area contributed by atoms with Crippen molar-refractivity contribution in [1.29, 1.82) is 5.41 Å². The van der Waals surface area contributed by atoms with Crippen LogP contribution in [0.4, 0.5) is 0 Å². The first kappa shape index (κ1) is 20.2. The van der Waals surface area contributed by atoms with Gasteiger partial charge in [-0.25, -0.2) is 0 Å². The largest absolute Gasteiger partial charge is 0.481 e. The van der Waals surface area contributed by atoms with Crippen LogP contribution < -0.4 is 21.6 Å². The van der Waals surface area contributed by atoms with Crippen molar-refractivity contribution >= 4 is 25.8 Å². The van der Waals surface area contributed by atoms with Gasteiger partial charge >= 0.3 is 5.97 Å². The molecule has 10 nitrogen and oxygen atoms in total. The fraction of sp³-hybridized carbons (Fsp3) is 0.769. The van der Waals surface area contributed by atoms with E-state index >= 15 is 0 Å². The standard InChI is InChI=1S/C13H26BN5O5/c1-5(21)17-11(8(22)2-3-20)9-7(18-13(15)16)4-6(12(23)24)10(9)19-14/h6-11,19-20,22H,2-4,14H2,1H3,(H,17,21)(H,23,24)(H4,15,16,18)/t6-,7+,8-,9-,10+,11+/m0/s1. The van der Waals surface area contributed by atoms with Gasteiger partial charge in [0.15, 0.2) is 13.9 Å². The molecule has 0 saturated heterocycles. The lowest BCUT2D eigenvalue weighted by atomic mass is 9.84. The molecule has 0 unspecified atom stereocenters. The van der Waals surface area contributed by atoms with E-state index in [1.807, 2.05) is 0 Å². The van der Waals surface area contributed by atoms with Gasteiger partial charge in [-0.2, -0.15) is 0 Å². The molecule has 0 aromatic carbocycles. The van der Waals surface area contributed by atoms with E-state index in [0.717, 1.165) is 0 Å². The third kappa shape index (κ3) is 4.82. The predicted octanol–water partition coefficient (Wildman–Crippen LogP) is -3.69. The van der Waals surface area contributed by atoms with E-state index in [1.165, 1.54) is 6.92 Å². The van der Waals surface area contributed by atoms with Gasteiger partial charge in [0, 0.05) is 31.5 Å².